The van der Waals surface area contributed by atoms with Gasteiger partial charge in [0.15, 0.2) is 0 Å². The summed E-state index contributed by atoms with van der Waals surface area (Å²) in [6, 6.07) is 0. The first kappa shape index (κ1) is 15.7. The fourth-order valence-corrected chi connectivity index (χ4v) is 1.89. The summed E-state index contributed by atoms with van der Waals surface area (Å²) in [4.78, 5) is 11.3. The molecule has 1 aromatic heterocycles. The lowest BCUT2D eigenvalue weighted by atomic mass is 10.2. The second-order valence-electron chi connectivity index (χ2n) is 4.88. The van der Waals surface area contributed by atoms with E-state index in [0.717, 1.165) is 37.7 Å². The minimum absolute atomic E-state index is 0.886. The van der Waals surface area contributed by atoms with Gasteiger partial charge in [0.05, 0.1) is 12.4 Å². The summed E-state index contributed by atoms with van der Waals surface area (Å²) in [6.45, 7) is 9.69. The summed E-state index contributed by atoms with van der Waals surface area (Å²) in [6.07, 6.45) is 9.62. The van der Waals surface area contributed by atoms with E-state index in [1.165, 1.54) is 25.7 Å². The summed E-state index contributed by atoms with van der Waals surface area (Å²) < 4.78 is 0. The topological polar surface area (TPSA) is 41.1 Å². The van der Waals surface area contributed by atoms with Crippen LogP contribution in [-0.4, -0.2) is 29.6 Å². The van der Waals surface area contributed by atoms with Crippen molar-refractivity contribution in [3.05, 3.63) is 12.4 Å². The van der Waals surface area contributed by atoms with Crippen molar-refractivity contribution < 1.29 is 0 Å². The van der Waals surface area contributed by atoms with E-state index < -0.39 is 0 Å². The van der Waals surface area contributed by atoms with Crippen LogP contribution in [0.4, 0.5) is 11.6 Å². The molecule has 4 heteroatoms. The standard InChI is InChI=1S/C15H28N4/c1-4-7-10-19(11-8-5-2)15-13-16-12-14(18-15)17-9-6-3/h12-13H,4-11H2,1-3H3,(H,17,18). The van der Waals surface area contributed by atoms with Crippen LogP contribution in [-0.2, 0) is 0 Å². The minimum atomic E-state index is 0.886. The van der Waals surface area contributed by atoms with E-state index in [1.807, 2.05) is 6.20 Å². The molecule has 0 aliphatic carbocycles. The number of anilines is 2. The van der Waals surface area contributed by atoms with Crippen molar-refractivity contribution in [3.8, 4) is 0 Å². The number of nitrogens with zero attached hydrogens (tertiary/aromatic N) is 3. The molecule has 0 unspecified atom stereocenters. The minimum Gasteiger partial charge on any atom is -0.369 e. The third-order valence-electron chi connectivity index (χ3n) is 3.07. The smallest absolute Gasteiger partial charge is 0.149 e. The van der Waals surface area contributed by atoms with Crippen molar-refractivity contribution >= 4 is 11.6 Å². The third kappa shape index (κ3) is 5.90. The Bertz CT molecular complexity index is 333. The highest BCUT2D eigenvalue weighted by molar-refractivity contribution is 5.43. The van der Waals surface area contributed by atoms with Crippen molar-refractivity contribution in [1.29, 1.82) is 0 Å². The SMILES string of the molecule is CCCCN(CCCC)c1cncc(NCCC)n1. The molecule has 1 aromatic rings. The van der Waals surface area contributed by atoms with Crippen LogP contribution in [0.5, 0.6) is 0 Å². The number of hydrogen-bond acceptors (Lipinski definition) is 4. The van der Waals surface area contributed by atoms with Crippen LogP contribution in [0.15, 0.2) is 12.4 Å². The molecular formula is C15H28N4. The van der Waals surface area contributed by atoms with E-state index >= 15 is 0 Å². The molecule has 0 amide bonds. The van der Waals surface area contributed by atoms with E-state index in [4.69, 9.17) is 0 Å². The lowest BCUT2D eigenvalue weighted by Gasteiger charge is -2.23. The molecule has 0 radical (unpaired) electrons. The zero-order valence-electron chi connectivity index (χ0n) is 12.7. The van der Waals surface area contributed by atoms with Crippen LogP contribution in [0.1, 0.15) is 52.9 Å². The molecule has 108 valence electrons. The van der Waals surface area contributed by atoms with Crippen molar-refractivity contribution in [2.45, 2.75) is 52.9 Å². The molecule has 19 heavy (non-hydrogen) atoms. The van der Waals surface area contributed by atoms with Gasteiger partial charge in [-0.25, -0.2) is 4.98 Å². The Balaban J connectivity index is 2.69. The van der Waals surface area contributed by atoms with Gasteiger partial charge in [-0.15, -0.1) is 0 Å². The highest BCUT2D eigenvalue weighted by Gasteiger charge is 2.08. The molecule has 4 nitrogen and oxygen atoms in total. The zero-order valence-corrected chi connectivity index (χ0v) is 12.7. The number of hydrogen-bond donors (Lipinski definition) is 1. The first-order chi connectivity index (χ1) is 9.31. The first-order valence-electron chi connectivity index (χ1n) is 7.62. The summed E-state index contributed by atoms with van der Waals surface area (Å²) in [7, 11) is 0. The Morgan fingerprint density at radius 1 is 1.00 bits per heavy atom. The van der Waals surface area contributed by atoms with Gasteiger partial charge in [0.25, 0.3) is 0 Å². The monoisotopic (exact) mass is 264 g/mol. The van der Waals surface area contributed by atoms with Gasteiger partial charge < -0.3 is 10.2 Å². The average molecular weight is 264 g/mol. The van der Waals surface area contributed by atoms with Gasteiger partial charge in [0.1, 0.15) is 11.6 Å². The normalized spacial score (nSPS) is 10.5. The second-order valence-corrected chi connectivity index (χ2v) is 4.88. The van der Waals surface area contributed by atoms with Crippen molar-refractivity contribution in [2.75, 3.05) is 29.9 Å². The maximum atomic E-state index is 4.67. The number of unbranched alkanes of at least 4 members (excludes halogenated alkanes) is 2. The zero-order chi connectivity index (χ0) is 13.9. The lowest BCUT2D eigenvalue weighted by Crippen LogP contribution is -2.27. The third-order valence-corrected chi connectivity index (χ3v) is 3.07. The Morgan fingerprint density at radius 3 is 2.26 bits per heavy atom. The van der Waals surface area contributed by atoms with Crippen LogP contribution in [0.2, 0.25) is 0 Å². The van der Waals surface area contributed by atoms with Crippen molar-refractivity contribution in [3.63, 3.8) is 0 Å². The fourth-order valence-electron chi connectivity index (χ4n) is 1.89. The quantitative estimate of drug-likeness (QED) is 0.699. The highest BCUT2D eigenvalue weighted by Crippen LogP contribution is 2.14. The first-order valence-corrected chi connectivity index (χ1v) is 7.62. The summed E-state index contributed by atoms with van der Waals surface area (Å²) >= 11 is 0. The molecule has 0 aliphatic rings. The molecule has 0 spiro atoms. The van der Waals surface area contributed by atoms with E-state index in [-0.39, 0.29) is 0 Å². The lowest BCUT2D eigenvalue weighted by molar-refractivity contribution is 0.670. The van der Waals surface area contributed by atoms with Gasteiger partial charge in [-0.3, -0.25) is 4.98 Å². The van der Waals surface area contributed by atoms with Gasteiger partial charge in [0, 0.05) is 19.6 Å². The second kappa shape index (κ2) is 9.59. The van der Waals surface area contributed by atoms with Gasteiger partial charge >= 0.3 is 0 Å². The average Bonchev–Trinajstić information content (AvgIpc) is 2.45. The number of rotatable bonds is 10. The van der Waals surface area contributed by atoms with E-state index in [1.54, 1.807) is 6.20 Å². The van der Waals surface area contributed by atoms with Crippen LogP contribution in [0.25, 0.3) is 0 Å². The summed E-state index contributed by atoms with van der Waals surface area (Å²) in [5, 5.41) is 3.30. The van der Waals surface area contributed by atoms with Gasteiger partial charge in [-0.2, -0.15) is 0 Å². The molecule has 0 fully saturated rings. The maximum absolute atomic E-state index is 4.67. The molecule has 0 saturated carbocycles. The Labute approximate surface area is 117 Å². The molecule has 0 atom stereocenters. The van der Waals surface area contributed by atoms with Crippen LogP contribution in [0, 0.1) is 0 Å². The van der Waals surface area contributed by atoms with E-state index in [2.05, 4.69) is 41.0 Å². The summed E-state index contributed by atoms with van der Waals surface area (Å²) in [5.41, 5.74) is 0. The maximum Gasteiger partial charge on any atom is 0.149 e. The molecule has 1 rings (SSSR count). The molecule has 1 N–H and O–H groups in total. The predicted octanol–water partition coefficient (Wildman–Crippen LogP) is 3.71. The largest absolute Gasteiger partial charge is 0.369 e. The van der Waals surface area contributed by atoms with Crippen LogP contribution >= 0.6 is 0 Å². The van der Waals surface area contributed by atoms with Crippen LogP contribution < -0.4 is 10.2 Å². The molecular weight excluding hydrogens is 236 g/mol. The predicted molar refractivity (Wildman–Crippen MR) is 82.8 cm³/mol. The Kier molecular flexibility index (Phi) is 7.94. The van der Waals surface area contributed by atoms with E-state index in [9.17, 15) is 0 Å². The molecule has 0 aliphatic heterocycles. The molecule has 0 bridgehead atoms. The van der Waals surface area contributed by atoms with E-state index in [0.29, 0.717) is 0 Å². The molecule has 1 heterocycles. The molecule has 0 aromatic carbocycles. The Hall–Kier alpha value is -1.32. The number of aromatic nitrogens is 2. The van der Waals surface area contributed by atoms with Gasteiger partial charge in [0.2, 0.25) is 0 Å². The van der Waals surface area contributed by atoms with Gasteiger partial charge in [-0.05, 0) is 19.3 Å². The van der Waals surface area contributed by atoms with Crippen LogP contribution in [0.3, 0.4) is 0 Å². The fraction of sp³-hybridized carbons (Fsp3) is 0.733. The Morgan fingerprint density at radius 2 is 1.68 bits per heavy atom. The van der Waals surface area contributed by atoms with Crippen molar-refractivity contribution in [1.82, 2.24) is 9.97 Å². The molecule has 0 saturated heterocycles. The number of nitrogens with one attached hydrogen (secondary N) is 1. The highest BCUT2D eigenvalue weighted by atomic mass is 15.2. The summed E-state index contributed by atoms with van der Waals surface area (Å²) in [5.74, 6) is 1.89. The van der Waals surface area contributed by atoms with Gasteiger partial charge in [-0.1, -0.05) is 33.6 Å². The van der Waals surface area contributed by atoms with Crippen molar-refractivity contribution in [2.24, 2.45) is 0 Å².